The normalized spacial score (nSPS) is 11.9. The minimum Gasteiger partial charge on any atom is -0.479 e. The Morgan fingerprint density at radius 2 is 1.81 bits per heavy atom. The monoisotopic (exact) mass is 383 g/mol. The third-order valence-corrected chi connectivity index (χ3v) is 4.72. The third kappa shape index (κ3) is 4.73. The standard InChI is InChI=1S/C19H17N3O4S/c23-15(21-16(18(25)26)12-6-2-1-3-7-12)10-11-27-19-20-14-9-5-4-8-13(14)17(24)22-19/h1-9,16H,10-11H2,(H,21,23)(H,25,26)(H,20,22,24)/t16-/m1/s1. The van der Waals surface area contributed by atoms with Gasteiger partial charge in [-0.3, -0.25) is 9.59 Å². The molecule has 0 aliphatic heterocycles. The summed E-state index contributed by atoms with van der Waals surface area (Å²) in [6.07, 6.45) is 0.0951. The maximum Gasteiger partial charge on any atom is 0.330 e. The number of hydrogen-bond donors (Lipinski definition) is 3. The molecule has 138 valence electrons. The predicted octanol–water partition coefficient (Wildman–Crippen LogP) is 2.35. The van der Waals surface area contributed by atoms with Crippen LogP contribution in [-0.2, 0) is 9.59 Å². The lowest BCUT2D eigenvalue weighted by Gasteiger charge is -2.14. The molecule has 7 nitrogen and oxygen atoms in total. The van der Waals surface area contributed by atoms with Crippen LogP contribution in [0.1, 0.15) is 18.0 Å². The zero-order valence-electron chi connectivity index (χ0n) is 14.2. The number of aromatic amines is 1. The molecule has 0 radical (unpaired) electrons. The fraction of sp³-hybridized carbons (Fsp3) is 0.158. The van der Waals surface area contributed by atoms with Crippen LogP contribution in [0.25, 0.3) is 10.9 Å². The molecule has 3 rings (SSSR count). The molecule has 1 amide bonds. The quantitative estimate of drug-likeness (QED) is 0.426. The average molecular weight is 383 g/mol. The van der Waals surface area contributed by atoms with E-state index < -0.39 is 12.0 Å². The fourth-order valence-electron chi connectivity index (χ4n) is 2.54. The molecule has 8 heteroatoms. The number of benzene rings is 2. The summed E-state index contributed by atoms with van der Waals surface area (Å²) in [4.78, 5) is 42.6. The van der Waals surface area contributed by atoms with Crippen molar-refractivity contribution in [3.05, 3.63) is 70.5 Å². The van der Waals surface area contributed by atoms with E-state index in [0.29, 0.717) is 27.4 Å². The topological polar surface area (TPSA) is 112 Å². The number of nitrogens with zero attached hydrogens (tertiary/aromatic N) is 1. The molecule has 3 N–H and O–H groups in total. The molecule has 0 saturated heterocycles. The van der Waals surface area contributed by atoms with Gasteiger partial charge in [0.2, 0.25) is 5.91 Å². The fourth-order valence-corrected chi connectivity index (χ4v) is 3.35. The predicted molar refractivity (Wildman–Crippen MR) is 103 cm³/mol. The summed E-state index contributed by atoms with van der Waals surface area (Å²) in [6, 6.07) is 14.4. The molecule has 3 aromatic rings. The van der Waals surface area contributed by atoms with Gasteiger partial charge in [-0.15, -0.1) is 0 Å². The first kappa shape index (κ1) is 18.7. The van der Waals surface area contributed by atoms with Gasteiger partial charge in [-0.2, -0.15) is 0 Å². The smallest absolute Gasteiger partial charge is 0.330 e. The van der Waals surface area contributed by atoms with Crippen LogP contribution in [0.15, 0.2) is 64.5 Å². The van der Waals surface area contributed by atoms with Gasteiger partial charge in [-0.1, -0.05) is 54.2 Å². The molecule has 0 unspecified atom stereocenters. The average Bonchev–Trinajstić information content (AvgIpc) is 2.66. The lowest BCUT2D eigenvalue weighted by Crippen LogP contribution is -2.33. The number of carbonyl (C=O) groups is 2. The van der Waals surface area contributed by atoms with Crippen LogP contribution in [0, 0.1) is 0 Å². The van der Waals surface area contributed by atoms with Gasteiger partial charge in [-0.25, -0.2) is 9.78 Å². The molecule has 2 aromatic carbocycles. The lowest BCUT2D eigenvalue weighted by molar-refractivity contribution is -0.142. The van der Waals surface area contributed by atoms with Crippen molar-refractivity contribution in [3.8, 4) is 0 Å². The van der Waals surface area contributed by atoms with Crippen LogP contribution in [0.5, 0.6) is 0 Å². The van der Waals surface area contributed by atoms with Gasteiger partial charge in [0.1, 0.15) is 0 Å². The minimum absolute atomic E-state index is 0.0951. The van der Waals surface area contributed by atoms with Gasteiger partial charge in [0.25, 0.3) is 5.56 Å². The Hall–Kier alpha value is -3.13. The summed E-state index contributed by atoms with van der Waals surface area (Å²) in [5.74, 6) is -1.15. The Morgan fingerprint density at radius 3 is 2.56 bits per heavy atom. The molecule has 0 bridgehead atoms. The second kappa shape index (κ2) is 8.50. The van der Waals surface area contributed by atoms with Crippen LogP contribution in [0.2, 0.25) is 0 Å². The minimum atomic E-state index is -1.12. The number of aromatic nitrogens is 2. The highest BCUT2D eigenvalue weighted by Crippen LogP contribution is 2.17. The largest absolute Gasteiger partial charge is 0.479 e. The van der Waals surface area contributed by atoms with E-state index in [1.54, 1.807) is 54.6 Å². The Bertz CT molecular complexity index is 1020. The van der Waals surface area contributed by atoms with Gasteiger partial charge in [-0.05, 0) is 17.7 Å². The summed E-state index contributed by atoms with van der Waals surface area (Å²) in [5, 5.41) is 12.8. The zero-order valence-corrected chi connectivity index (χ0v) is 15.0. The molecule has 0 saturated carbocycles. The molecule has 0 fully saturated rings. The van der Waals surface area contributed by atoms with E-state index in [1.807, 2.05) is 0 Å². The molecular formula is C19H17N3O4S. The summed E-state index contributed by atoms with van der Waals surface area (Å²) >= 11 is 1.23. The van der Waals surface area contributed by atoms with E-state index >= 15 is 0 Å². The van der Waals surface area contributed by atoms with Gasteiger partial charge < -0.3 is 15.4 Å². The van der Waals surface area contributed by atoms with E-state index in [9.17, 15) is 19.5 Å². The van der Waals surface area contributed by atoms with E-state index in [-0.39, 0.29) is 17.9 Å². The van der Waals surface area contributed by atoms with Gasteiger partial charge >= 0.3 is 5.97 Å². The number of fused-ring (bicyclic) bond motifs is 1. The van der Waals surface area contributed by atoms with Crippen LogP contribution >= 0.6 is 11.8 Å². The number of aliphatic carboxylic acids is 1. The summed E-state index contributed by atoms with van der Waals surface area (Å²) < 4.78 is 0. The van der Waals surface area contributed by atoms with Gasteiger partial charge in [0.15, 0.2) is 11.2 Å². The van der Waals surface area contributed by atoms with Crippen LogP contribution in [0.3, 0.4) is 0 Å². The maximum absolute atomic E-state index is 12.1. The maximum atomic E-state index is 12.1. The number of carboxylic acid groups (broad SMARTS) is 1. The molecule has 27 heavy (non-hydrogen) atoms. The Balaban J connectivity index is 1.59. The van der Waals surface area contributed by atoms with Crippen LogP contribution in [-0.4, -0.2) is 32.7 Å². The number of amides is 1. The SMILES string of the molecule is O=C(CCSc1nc2ccccc2c(=O)[nH]1)N[C@@H](C(=O)O)c1ccccc1. The van der Waals surface area contributed by atoms with E-state index in [4.69, 9.17) is 0 Å². The molecule has 1 aromatic heterocycles. The number of H-pyrrole nitrogens is 1. The summed E-state index contributed by atoms with van der Waals surface area (Å²) in [6.45, 7) is 0. The van der Waals surface area contributed by atoms with Crippen molar-refractivity contribution >= 4 is 34.5 Å². The zero-order chi connectivity index (χ0) is 19.2. The van der Waals surface area contributed by atoms with Crippen molar-refractivity contribution < 1.29 is 14.7 Å². The molecule has 0 aliphatic carbocycles. The first-order valence-corrected chi connectivity index (χ1v) is 9.22. The first-order chi connectivity index (χ1) is 13.0. The highest BCUT2D eigenvalue weighted by molar-refractivity contribution is 7.99. The van der Waals surface area contributed by atoms with Crippen molar-refractivity contribution in [1.29, 1.82) is 0 Å². The third-order valence-electron chi connectivity index (χ3n) is 3.84. The highest BCUT2D eigenvalue weighted by Gasteiger charge is 2.21. The van der Waals surface area contributed by atoms with Gasteiger partial charge in [0.05, 0.1) is 10.9 Å². The summed E-state index contributed by atoms with van der Waals surface area (Å²) in [5.41, 5.74) is 0.859. The molecule has 0 spiro atoms. The first-order valence-electron chi connectivity index (χ1n) is 8.23. The van der Waals surface area contributed by atoms with Crippen molar-refractivity contribution in [2.45, 2.75) is 17.6 Å². The molecule has 0 aliphatic rings. The van der Waals surface area contributed by atoms with E-state index in [1.165, 1.54) is 11.8 Å². The van der Waals surface area contributed by atoms with Crippen LogP contribution in [0.4, 0.5) is 0 Å². The Labute approximate surface area is 158 Å². The second-order valence-electron chi connectivity index (χ2n) is 5.74. The Morgan fingerprint density at radius 1 is 1.11 bits per heavy atom. The number of para-hydroxylation sites is 1. The van der Waals surface area contributed by atoms with Gasteiger partial charge in [0, 0.05) is 12.2 Å². The van der Waals surface area contributed by atoms with E-state index in [0.717, 1.165) is 0 Å². The number of carboxylic acids is 1. The molecule has 1 heterocycles. The van der Waals surface area contributed by atoms with Crippen LogP contribution < -0.4 is 10.9 Å². The van der Waals surface area contributed by atoms with Crippen molar-refractivity contribution in [2.75, 3.05) is 5.75 Å². The Kier molecular flexibility index (Phi) is 5.87. The van der Waals surface area contributed by atoms with Crippen molar-refractivity contribution in [1.82, 2.24) is 15.3 Å². The summed E-state index contributed by atoms with van der Waals surface area (Å²) in [7, 11) is 0. The van der Waals surface area contributed by atoms with Crippen molar-refractivity contribution in [2.24, 2.45) is 0 Å². The second-order valence-corrected chi connectivity index (χ2v) is 6.82. The lowest BCUT2D eigenvalue weighted by atomic mass is 10.1. The number of nitrogens with one attached hydrogen (secondary N) is 2. The number of rotatable bonds is 7. The number of thioether (sulfide) groups is 1. The number of carbonyl (C=O) groups excluding carboxylic acids is 1. The van der Waals surface area contributed by atoms with E-state index in [2.05, 4.69) is 15.3 Å². The highest BCUT2D eigenvalue weighted by atomic mass is 32.2. The number of hydrogen-bond acceptors (Lipinski definition) is 5. The molecular weight excluding hydrogens is 366 g/mol. The van der Waals surface area contributed by atoms with Crippen molar-refractivity contribution in [3.63, 3.8) is 0 Å². The molecule has 1 atom stereocenters.